The van der Waals surface area contributed by atoms with Gasteiger partial charge < -0.3 is 10.1 Å². The molecule has 1 aliphatic heterocycles. The van der Waals surface area contributed by atoms with E-state index in [2.05, 4.69) is 22.8 Å². The van der Waals surface area contributed by atoms with E-state index in [0.29, 0.717) is 19.8 Å². The van der Waals surface area contributed by atoms with E-state index < -0.39 is 0 Å². The molecule has 3 rings (SSSR count). The highest BCUT2D eigenvalue weighted by Crippen LogP contribution is 2.25. The number of fused-ring (bicyclic) bond motifs is 1. The van der Waals surface area contributed by atoms with Crippen LogP contribution < -0.4 is 5.32 Å². The lowest BCUT2D eigenvalue weighted by molar-refractivity contribution is -0.125. The Morgan fingerprint density at radius 1 is 1.44 bits per heavy atom. The van der Waals surface area contributed by atoms with Crippen LogP contribution in [0.15, 0.2) is 29.6 Å². The molecule has 3 nitrogen and oxygen atoms in total. The number of amides is 1. The summed E-state index contributed by atoms with van der Waals surface area (Å²) in [6, 6.07) is 8.28. The van der Waals surface area contributed by atoms with E-state index >= 15 is 0 Å². The van der Waals surface area contributed by atoms with Gasteiger partial charge in [-0.05, 0) is 28.8 Å². The normalized spacial score (nSPS) is 19.2. The molecule has 1 unspecified atom stereocenters. The van der Waals surface area contributed by atoms with Crippen LogP contribution in [-0.4, -0.2) is 19.1 Å². The molecule has 0 aliphatic carbocycles. The zero-order chi connectivity index (χ0) is 12.4. The maximum atomic E-state index is 11.9. The van der Waals surface area contributed by atoms with Crippen LogP contribution in [0.5, 0.6) is 0 Å². The zero-order valence-corrected chi connectivity index (χ0v) is 10.8. The Balaban J connectivity index is 1.67. The number of thiophene rings is 1. The van der Waals surface area contributed by atoms with Crippen LogP contribution in [-0.2, 0) is 16.1 Å². The average Bonchev–Trinajstić information content (AvgIpc) is 3.06. The molecule has 2 heterocycles. The van der Waals surface area contributed by atoms with E-state index in [4.69, 9.17) is 4.74 Å². The third-order valence-electron chi connectivity index (χ3n) is 3.31. The molecule has 4 heteroatoms. The first-order chi connectivity index (χ1) is 8.84. The van der Waals surface area contributed by atoms with Crippen LogP contribution in [0.3, 0.4) is 0 Å². The Labute approximate surface area is 110 Å². The second-order valence-electron chi connectivity index (χ2n) is 4.54. The monoisotopic (exact) mass is 261 g/mol. The molecule has 0 radical (unpaired) electrons. The average molecular weight is 261 g/mol. The standard InChI is InChI=1S/C14H15NO2S/c16-14(10-5-6-17-8-10)15-7-11-9-18-13-4-2-1-3-12(11)13/h1-4,9-10H,5-8H2,(H,15,16). The molecule has 94 valence electrons. The fourth-order valence-electron chi connectivity index (χ4n) is 2.24. The molecule has 1 atom stereocenters. The first-order valence-electron chi connectivity index (χ1n) is 6.15. The van der Waals surface area contributed by atoms with Crippen molar-refractivity contribution >= 4 is 27.3 Å². The van der Waals surface area contributed by atoms with Gasteiger partial charge in [-0.15, -0.1) is 11.3 Å². The van der Waals surface area contributed by atoms with E-state index in [0.717, 1.165) is 6.42 Å². The molecule has 1 aliphatic rings. The lowest BCUT2D eigenvalue weighted by Gasteiger charge is -2.08. The third-order valence-corrected chi connectivity index (χ3v) is 4.33. The van der Waals surface area contributed by atoms with E-state index in [-0.39, 0.29) is 11.8 Å². The van der Waals surface area contributed by atoms with Crippen LogP contribution in [0.2, 0.25) is 0 Å². The quantitative estimate of drug-likeness (QED) is 0.922. The molecular formula is C14H15NO2S. The summed E-state index contributed by atoms with van der Waals surface area (Å²) in [6.45, 7) is 1.88. The first kappa shape index (κ1) is 11.7. The Morgan fingerprint density at radius 2 is 2.33 bits per heavy atom. The molecule has 1 N–H and O–H groups in total. The minimum absolute atomic E-state index is 0.0369. The minimum Gasteiger partial charge on any atom is -0.381 e. The summed E-state index contributed by atoms with van der Waals surface area (Å²) in [5.41, 5.74) is 1.20. The molecule has 1 amide bonds. The van der Waals surface area contributed by atoms with E-state index in [1.54, 1.807) is 11.3 Å². The fourth-order valence-corrected chi connectivity index (χ4v) is 3.20. The van der Waals surface area contributed by atoms with Crippen molar-refractivity contribution in [2.24, 2.45) is 5.92 Å². The molecule has 1 fully saturated rings. The van der Waals surface area contributed by atoms with Crippen molar-refractivity contribution < 1.29 is 9.53 Å². The first-order valence-corrected chi connectivity index (χ1v) is 7.03. The molecule has 18 heavy (non-hydrogen) atoms. The highest BCUT2D eigenvalue weighted by molar-refractivity contribution is 7.17. The SMILES string of the molecule is O=C(NCc1csc2ccccc12)C1CCOC1. The summed E-state index contributed by atoms with van der Waals surface area (Å²) in [5.74, 6) is 0.151. The van der Waals surface area contributed by atoms with Crippen molar-refractivity contribution in [1.82, 2.24) is 5.32 Å². The van der Waals surface area contributed by atoms with Gasteiger partial charge in [-0.1, -0.05) is 18.2 Å². The number of rotatable bonds is 3. The highest BCUT2D eigenvalue weighted by Gasteiger charge is 2.23. The molecule has 0 spiro atoms. The number of carbonyl (C=O) groups is 1. The van der Waals surface area contributed by atoms with Gasteiger partial charge in [0.2, 0.25) is 5.91 Å². The van der Waals surface area contributed by atoms with Crippen molar-refractivity contribution in [2.75, 3.05) is 13.2 Å². The van der Waals surface area contributed by atoms with Crippen LogP contribution in [0.4, 0.5) is 0 Å². The zero-order valence-electron chi connectivity index (χ0n) is 10.0. The topological polar surface area (TPSA) is 38.3 Å². The summed E-state index contributed by atoms with van der Waals surface area (Å²) < 4.78 is 6.50. The smallest absolute Gasteiger partial charge is 0.225 e. The largest absolute Gasteiger partial charge is 0.381 e. The third kappa shape index (κ3) is 2.26. The predicted octanol–water partition coefficient (Wildman–Crippen LogP) is 2.55. The van der Waals surface area contributed by atoms with Gasteiger partial charge in [0.25, 0.3) is 0 Å². The van der Waals surface area contributed by atoms with Crippen LogP contribution >= 0.6 is 11.3 Å². The summed E-state index contributed by atoms with van der Waals surface area (Å²) >= 11 is 1.72. The van der Waals surface area contributed by atoms with E-state index in [1.165, 1.54) is 15.6 Å². The van der Waals surface area contributed by atoms with Gasteiger partial charge in [-0.3, -0.25) is 4.79 Å². The summed E-state index contributed by atoms with van der Waals surface area (Å²) in [7, 11) is 0. The maximum Gasteiger partial charge on any atom is 0.225 e. The molecular weight excluding hydrogens is 246 g/mol. The second-order valence-corrected chi connectivity index (χ2v) is 5.45. The number of ether oxygens (including phenoxy) is 1. The fraction of sp³-hybridized carbons (Fsp3) is 0.357. The van der Waals surface area contributed by atoms with Crippen molar-refractivity contribution in [3.8, 4) is 0 Å². The van der Waals surface area contributed by atoms with Gasteiger partial charge in [-0.25, -0.2) is 0 Å². The van der Waals surface area contributed by atoms with Crippen molar-refractivity contribution in [3.63, 3.8) is 0 Å². The molecule has 1 aromatic carbocycles. The van der Waals surface area contributed by atoms with Gasteiger partial charge >= 0.3 is 0 Å². The predicted molar refractivity (Wildman–Crippen MR) is 72.6 cm³/mol. The van der Waals surface area contributed by atoms with Crippen LogP contribution in [0.25, 0.3) is 10.1 Å². The molecule has 1 aromatic heterocycles. The van der Waals surface area contributed by atoms with Gasteiger partial charge in [-0.2, -0.15) is 0 Å². The van der Waals surface area contributed by atoms with Gasteiger partial charge in [0.05, 0.1) is 12.5 Å². The molecule has 0 saturated carbocycles. The van der Waals surface area contributed by atoms with E-state index in [9.17, 15) is 4.79 Å². The Kier molecular flexibility index (Phi) is 3.30. The van der Waals surface area contributed by atoms with Crippen LogP contribution in [0.1, 0.15) is 12.0 Å². The maximum absolute atomic E-state index is 11.9. The number of hydrogen-bond acceptors (Lipinski definition) is 3. The van der Waals surface area contributed by atoms with Gasteiger partial charge in [0.1, 0.15) is 0 Å². The highest BCUT2D eigenvalue weighted by atomic mass is 32.1. The minimum atomic E-state index is 0.0369. The number of benzene rings is 1. The van der Waals surface area contributed by atoms with E-state index in [1.807, 2.05) is 12.1 Å². The molecule has 0 bridgehead atoms. The molecule has 2 aromatic rings. The Morgan fingerprint density at radius 3 is 3.17 bits per heavy atom. The number of carbonyl (C=O) groups excluding carboxylic acids is 1. The Bertz CT molecular complexity index is 558. The van der Waals surface area contributed by atoms with Crippen molar-refractivity contribution in [1.29, 1.82) is 0 Å². The number of nitrogens with one attached hydrogen (secondary N) is 1. The lowest BCUT2D eigenvalue weighted by Crippen LogP contribution is -2.30. The summed E-state index contributed by atoms with van der Waals surface area (Å²) in [4.78, 5) is 11.9. The Hall–Kier alpha value is -1.39. The summed E-state index contributed by atoms with van der Waals surface area (Å²) in [5, 5.41) is 6.37. The van der Waals surface area contributed by atoms with Gasteiger partial charge in [0.15, 0.2) is 0 Å². The van der Waals surface area contributed by atoms with Gasteiger partial charge in [0, 0.05) is 17.9 Å². The van der Waals surface area contributed by atoms with Crippen molar-refractivity contribution in [3.05, 3.63) is 35.2 Å². The van der Waals surface area contributed by atoms with Crippen molar-refractivity contribution in [2.45, 2.75) is 13.0 Å². The number of hydrogen-bond donors (Lipinski definition) is 1. The summed E-state index contributed by atoms with van der Waals surface area (Å²) in [6.07, 6.45) is 0.843. The van der Waals surface area contributed by atoms with Crippen LogP contribution in [0, 0.1) is 5.92 Å². The molecule has 1 saturated heterocycles. The second kappa shape index (κ2) is 5.08. The lowest BCUT2D eigenvalue weighted by atomic mass is 10.1.